The summed E-state index contributed by atoms with van der Waals surface area (Å²) in [6.07, 6.45) is 5.41. The van der Waals surface area contributed by atoms with Gasteiger partial charge >= 0.3 is 0 Å². The molecule has 1 aromatic heterocycles. The monoisotopic (exact) mass is 256 g/mol. The molecule has 6 nitrogen and oxygen atoms in total. The number of nitrogens with zero attached hydrogens (tertiary/aromatic N) is 3. The van der Waals surface area contributed by atoms with Gasteiger partial charge in [0.15, 0.2) is 6.29 Å². The van der Waals surface area contributed by atoms with Gasteiger partial charge in [-0.15, -0.1) is 5.10 Å². The topological polar surface area (TPSA) is 61.2 Å². The zero-order valence-electron chi connectivity index (χ0n) is 11.3. The van der Waals surface area contributed by atoms with Gasteiger partial charge in [-0.05, 0) is 33.4 Å². The normalized spacial score (nSPS) is 11.3. The molecule has 0 radical (unpaired) electrons. The minimum Gasteiger partial charge on any atom is -0.353 e. The van der Waals surface area contributed by atoms with Crippen molar-refractivity contribution in [2.75, 3.05) is 26.3 Å². The molecule has 18 heavy (non-hydrogen) atoms. The van der Waals surface area contributed by atoms with Crippen LogP contribution in [0, 0.1) is 0 Å². The van der Waals surface area contributed by atoms with Gasteiger partial charge in [-0.25, -0.2) is 0 Å². The summed E-state index contributed by atoms with van der Waals surface area (Å²) in [5.41, 5.74) is 0. The first-order chi connectivity index (χ1) is 8.86. The first-order valence-electron chi connectivity index (χ1n) is 6.64. The Morgan fingerprint density at radius 3 is 2.61 bits per heavy atom. The molecule has 104 valence electrons. The highest BCUT2D eigenvalue weighted by molar-refractivity contribution is 4.64. The molecule has 0 spiro atoms. The minimum absolute atomic E-state index is 0.0807. The van der Waals surface area contributed by atoms with Gasteiger partial charge in [0.2, 0.25) is 0 Å². The van der Waals surface area contributed by atoms with Crippen molar-refractivity contribution in [3.05, 3.63) is 12.4 Å². The van der Waals surface area contributed by atoms with Crippen LogP contribution in [0.15, 0.2) is 12.4 Å². The van der Waals surface area contributed by atoms with Crippen LogP contribution in [-0.4, -0.2) is 47.6 Å². The van der Waals surface area contributed by atoms with E-state index >= 15 is 0 Å². The molecule has 0 bridgehead atoms. The second kappa shape index (κ2) is 9.99. The number of nitrogens with one attached hydrogen (secondary N) is 1. The van der Waals surface area contributed by atoms with Crippen molar-refractivity contribution in [3.8, 4) is 0 Å². The van der Waals surface area contributed by atoms with Crippen LogP contribution in [-0.2, 0) is 16.0 Å². The Morgan fingerprint density at radius 2 is 2.00 bits per heavy atom. The fraction of sp³-hybridized carbons (Fsp3) is 0.833. The predicted molar refractivity (Wildman–Crippen MR) is 69.2 cm³/mol. The van der Waals surface area contributed by atoms with E-state index in [4.69, 9.17) is 9.47 Å². The van der Waals surface area contributed by atoms with Crippen molar-refractivity contribution < 1.29 is 9.47 Å². The number of aryl methyl sites for hydroxylation is 1. The molecule has 1 aromatic rings. The minimum atomic E-state index is -0.0807. The Balaban J connectivity index is 1.96. The summed E-state index contributed by atoms with van der Waals surface area (Å²) in [6, 6.07) is 0. The van der Waals surface area contributed by atoms with Gasteiger partial charge in [-0.2, -0.15) is 0 Å². The van der Waals surface area contributed by atoms with E-state index in [1.165, 1.54) is 0 Å². The average molecular weight is 256 g/mol. The van der Waals surface area contributed by atoms with E-state index in [2.05, 4.69) is 15.6 Å². The zero-order chi connectivity index (χ0) is 13.1. The number of hydrogen-bond donors (Lipinski definition) is 1. The lowest BCUT2D eigenvalue weighted by Gasteiger charge is -2.16. The van der Waals surface area contributed by atoms with Gasteiger partial charge in [0.1, 0.15) is 0 Å². The molecular weight excluding hydrogens is 232 g/mol. The molecule has 0 saturated carbocycles. The van der Waals surface area contributed by atoms with Crippen LogP contribution in [0.4, 0.5) is 0 Å². The van der Waals surface area contributed by atoms with Gasteiger partial charge in [0.25, 0.3) is 0 Å². The summed E-state index contributed by atoms with van der Waals surface area (Å²) in [6.45, 7) is 8.11. The van der Waals surface area contributed by atoms with Gasteiger partial charge in [-0.1, -0.05) is 5.21 Å². The summed E-state index contributed by atoms with van der Waals surface area (Å²) in [5.74, 6) is 0. The molecule has 0 aliphatic heterocycles. The van der Waals surface area contributed by atoms with E-state index in [-0.39, 0.29) is 6.29 Å². The maximum Gasteiger partial charge on any atom is 0.158 e. The first kappa shape index (κ1) is 15.1. The van der Waals surface area contributed by atoms with Gasteiger partial charge in [0, 0.05) is 32.4 Å². The highest BCUT2D eigenvalue weighted by atomic mass is 16.7. The molecule has 0 fully saturated rings. The van der Waals surface area contributed by atoms with E-state index in [0.29, 0.717) is 13.2 Å². The summed E-state index contributed by atoms with van der Waals surface area (Å²) >= 11 is 0. The summed E-state index contributed by atoms with van der Waals surface area (Å²) in [5, 5.41) is 11.0. The fourth-order valence-electron chi connectivity index (χ4n) is 1.65. The third kappa shape index (κ3) is 6.68. The van der Waals surface area contributed by atoms with Gasteiger partial charge in [-0.3, -0.25) is 4.68 Å². The lowest BCUT2D eigenvalue weighted by atomic mass is 10.3. The lowest BCUT2D eigenvalue weighted by molar-refractivity contribution is -0.138. The van der Waals surface area contributed by atoms with Gasteiger partial charge in [0.05, 0.1) is 6.20 Å². The van der Waals surface area contributed by atoms with E-state index in [0.717, 1.165) is 32.5 Å². The zero-order valence-corrected chi connectivity index (χ0v) is 11.3. The molecule has 1 N–H and O–H groups in total. The van der Waals surface area contributed by atoms with E-state index in [1.54, 1.807) is 6.20 Å². The molecule has 0 aliphatic carbocycles. The Morgan fingerprint density at radius 1 is 1.22 bits per heavy atom. The number of aromatic nitrogens is 3. The molecule has 0 unspecified atom stereocenters. The first-order valence-corrected chi connectivity index (χ1v) is 6.64. The lowest BCUT2D eigenvalue weighted by Crippen LogP contribution is -2.26. The summed E-state index contributed by atoms with van der Waals surface area (Å²) in [7, 11) is 0. The maximum absolute atomic E-state index is 5.46. The molecular formula is C12H24N4O2. The molecule has 1 heterocycles. The third-order valence-corrected chi connectivity index (χ3v) is 2.47. The molecule has 0 saturated heterocycles. The fourth-order valence-corrected chi connectivity index (χ4v) is 1.65. The van der Waals surface area contributed by atoms with Crippen molar-refractivity contribution in [2.45, 2.75) is 39.5 Å². The Kier molecular flexibility index (Phi) is 8.37. The Labute approximate surface area is 109 Å². The Bertz CT molecular complexity index is 274. The highest BCUT2D eigenvalue weighted by Crippen LogP contribution is 1.99. The number of ether oxygens (including phenoxy) is 2. The van der Waals surface area contributed by atoms with Crippen LogP contribution in [0.3, 0.4) is 0 Å². The van der Waals surface area contributed by atoms with Crippen molar-refractivity contribution >= 4 is 0 Å². The molecule has 1 rings (SSSR count). The molecule has 0 aromatic carbocycles. The van der Waals surface area contributed by atoms with Crippen LogP contribution in [0.2, 0.25) is 0 Å². The largest absolute Gasteiger partial charge is 0.353 e. The van der Waals surface area contributed by atoms with E-state index in [1.807, 2.05) is 24.7 Å². The molecule has 0 aliphatic rings. The van der Waals surface area contributed by atoms with Crippen LogP contribution >= 0.6 is 0 Å². The van der Waals surface area contributed by atoms with E-state index < -0.39 is 0 Å². The predicted octanol–water partition coefficient (Wildman–Crippen LogP) is 1.05. The summed E-state index contributed by atoms with van der Waals surface area (Å²) in [4.78, 5) is 0. The number of hydrogen-bond acceptors (Lipinski definition) is 5. The number of rotatable bonds is 11. The molecule has 0 atom stereocenters. The van der Waals surface area contributed by atoms with Crippen molar-refractivity contribution in [1.29, 1.82) is 0 Å². The average Bonchev–Trinajstić information content (AvgIpc) is 2.87. The SMILES string of the molecule is CCOC(CCNCCCn1ccnn1)OCC. The highest BCUT2D eigenvalue weighted by Gasteiger charge is 2.06. The van der Waals surface area contributed by atoms with Crippen LogP contribution in [0.25, 0.3) is 0 Å². The summed E-state index contributed by atoms with van der Waals surface area (Å²) < 4.78 is 12.8. The standard InChI is InChI=1S/C12H24N4O2/c1-3-17-12(18-4-2)6-8-13-7-5-10-16-11-9-14-15-16/h9,11-13H,3-8,10H2,1-2H3. The van der Waals surface area contributed by atoms with Crippen molar-refractivity contribution in [1.82, 2.24) is 20.3 Å². The Hall–Kier alpha value is -0.980. The molecule has 6 heteroatoms. The van der Waals surface area contributed by atoms with Crippen molar-refractivity contribution in [3.63, 3.8) is 0 Å². The van der Waals surface area contributed by atoms with Crippen LogP contribution in [0.5, 0.6) is 0 Å². The van der Waals surface area contributed by atoms with Crippen molar-refractivity contribution in [2.24, 2.45) is 0 Å². The van der Waals surface area contributed by atoms with Gasteiger partial charge < -0.3 is 14.8 Å². The molecule has 0 amide bonds. The smallest absolute Gasteiger partial charge is 0.158 e. The second-order valence-corrected chi connectivity index (χ2v) is 3.90. The van der Waals surface area contributed by atoms with Crippen LogP contribution in [0.1, 0.15) is 26.7 Å². The van der Waals surface area contributed by atoms with Crippen LogP contribution < -0.4 is 5.32 Å². The quantitative estimate of drug-likeness (QED) is 0.473. The maximum atomic E-state index is 5.46. The second-order valence-electron chi connectivity index (χ2n) is 3.90. The van der Waals surface area contributed by atoms with E-state index in [9.17, 15) is 0 Å². The third-order valence-electron chi connectivity index (χ3n) is 2.47.